The van der Waals surface area contributed by atoms with Crippen LogP contribution in [-0.4, -0.2) is 38.3 Å². The normalized spacial score (nSPS) is 25.7. The SMILES string of the molecule is CCOC(=O)C1CCS(=O)(=O)CCC1=O. The van der Waals surface area contributed by atoms with Crippen molar-refractivity contribution in [2.75, 3.05) is 18.1 Å². The summed E-state index contributed by atoms with van der Waals surface area (Å²) in [5.41, 5.74) is 0. The van der Waals surface area contributed by atoms with Gasteiger partial charge in [0.2, 0.25) is 0 Å². The Bertz CT molecular complexity index is 357. The van der Waals surface area contributed by atoms with Gasteiger partial charge in [0.25, 0.3) is 0 Å². The minimum absolute atomic E-state index is 0.0556. The highest BCUT2D eigenvalue weighted by molar-refractivity contribution is 7.91. The minimum atomic E-state index is -3.16. The molecule has 1 unspecified atom stereocenters. The summed E-state index contributed by atoms with van der Waals surface area (Å²) in [5, 5.41) is 0. The summed E-state index contributed by atoms with van der Waals surface area (Å²) in [6.07, 6.45) is -0.0220. The summed E-state index contributed by atoms with van der Waals surface area (Å²) < 4.78 is 27.2. The number of rotatable bonds is 2. The van der Waals surface area contributed by atoms with Crippen molar-refractivity contribution < 1.29 is 22.7 Å². The second-order valence-electron chi connectivity index (χ2n) is 3.46. The maximum Gasteiger partial charge on any atom is 0.316 e. The first kappa shape index (κ1) is 12.2. The second kappa shape index (κ2) is 4.74. The van der Waals surface area contributed by atoms with E-state index in [2.05, 4.69) is 0 Å². The lowest BCUT2D eigenvalue weighted by atomic mass is 10.00. The number of sulfone groups is 1. The largest absolute Gasteiger partial charge is 0.465 e. The van der Waals surface area contributed by atoms with Crippen LogP contribution in [0.4, 0.5) is 0 Å². The monoisotopic (exact) mass is 234 g/mol. The van der Waals surface area contributed by atoms with E-state index < -0.39 is 21.7 Å². The van der Waals surface area contributed by atoms with Crippen molar-refractivity contribution in [3.8, 4) is 0 Å². The van der Waals surface area contributed by atoms with Crippen LogP contribution in [0.5, 0.6) is 0 Å². The molecule has 0 radical (unpaired) electrons. The van der Waals surface area contributed by atoms with Crippen molar-refractivity contribution in [3.05, 3.63) is 0 Å². The van der Waals surface area contributed by atoms with E-state index in [1.54, 1.807) is 6.92 Å². The third kappa shape index (κ3) is 3.30. The Labute approximate surface area is 88.7 Å². The van der Waals surface area contributed by atoms with E-state index in [0.29, 0.717) is 0 Å². The number of hydrogen-bond donors (Lipinski definition) is 0. The summed E-state index contributed by atoms with van der Waals surface area (Å²) in [5.74, 6) is -2.07. The van der Waals surface area contributed by atoms with E-state index in [4.69, 9.17) is 4.74 Å². The zero-order chi connectivity index (χ0) is 11.5. The summed E-state index contributed by atoms with van der Waals surface area (Å²) in [7, 11) is -3.16. The highest BCUT2D eigenvalue weighted by Crippen LogP contribution is 2.17. The molecule has 1 atom stereocenters. The molecule has 0 amide bonds. The number of ether oxygens (including phenoxy) is 1. The molecular formula is C9H14O5S. The van der Waals surface area contributed by atoms with Gasteiger partial charge in [0, 0.05) is 6.42 Å². The summed E-state index contributed by atoms with van der Waals surface area (Å²) >= 11 is 0. The molecule has 1 rings (SSSR count). The Morgan fingerprint density at radius 2 is 2.13 bits per heavy atom. The Morgan fingerprint density at radius 3 is 2.73 bits per heavy atom. The fourth-order valence-corrected chi connectivity index (χ4v) is 2.79. The van der Waals surface area contributed by atoms with Crippen LogP contribution in [0.2, 0.25) is 0 Å². The molecule has 15 heavy (non-hydrogen) atoms. The van der Waals surface area contributed by atoms with Gasteiger partial charge in [-0.3, -0.25) is 9.59 Å². The summed E-state index contributed by atoms with van der Waals surface area (Å²) in [6, 6.07) is 0. The van der Waals surface area contributed by atoms with E-state index in [0.717, 1.165) is 0 Å². The van der Waals surface area contributed by atoms with Crippen LogP contribution in [0.1, 0.15) is 19.8 Å². The van der Waals surface area contributed by atoms with Crippen molar-refractivity contribution in [1.82, 2.24) is 0 Å². The van der Waals surface area contributed by atoms with Crippen LogP contribution in [0.3, 0.4) is 0 Å². The molecule has 1 aliphatic rings. The highest BCUT2D eigenvalue weighted by Gasteiger charge is 2.33. The molecule has 0 aliphatic carbocycles. The quantitative estimate of drug-likeness (QED) is 0.494. The molecule has 0 saturated carbocycles. The van der Waals surface area contributed by atoms with Crippen molar-refractivity contribution in [1.29, 1.82) is 0 Å². The molecule has 1 fully saturated rings. The molecule has 0 N–H and O–H groups in total. The van der Waals surface area contributed by atoms with E-state index in [-0.39, 0.29) is 36.7 Å². The maximum atomic E-state index is 11.5. The first-order valence-corrected chi connectivity index (χ1v) is 6.68. The van der Waals surface area contributed by atoms with E-state index >= 15 is 0 Å². The Hall–Kier alpha value is -0.910. The summed E-state index contributed by atoms with van der Waals surface area (Å²) in [6.45, 7) is 1.85. The first-order valence-electron chi connectivity index (χ1n) is 4.86. The highest BCUT2D eigenvalue weighted by atomic mass is 32.2. The second-order valence-corrected chi connectivity index (χ2v) is 5.77. The lowest BCUT2D eigenvalue weighted by Crippen LogP contribution is -2.25. The van der Waals surface area contributed by atoms with E-state index in [1.807, 2.05) is 0 Å². The predicted molar refractivity (Wildman–Crippen MR) is 53.0 cm³/mol. The van der Waals surface area contributed by atoms with Crippen molar-refractivity contribution in [2.24, 2.45) is 5.92 Å². The van der Waals surface area contributed by atoms with Gasteiger partial charge in [-0.15, -0.1) is 0 Å². The minimum Gasteiger partial charge on any atom is -0.465 e. The van der Waals surface area contributed by atoms with Crippen molar-refractivity contribution in [3.63, 3.8) is 0 Å². The predicted octanol–water partition coefficient (Wildman–Crippen LogP) is -0.0566. The topological polar surface area (TPSA) is 77.5 Å². The number of hydrogen-bond acceptors (Lipinski definition) is 5. The Kier molecular flexibility index (Phi) is 3.84. The van der Waals surface area contributed by atoms with Crippen LogP contribution in [0.15, 0.2) is 0 Å². The Balaban J connectivity index is 2.74. The fourth-order valence-electron chi connectivity index (χ4n) is 1.48. The van der Waals surface area contributed by atoms with Crippen LogP contribution in [0.25, 0.3) is 0 Å². The smallest absolute Gasteiger partial charge is 0.316 e. The lowest BCUT2D eigenvalue weighted by Gasteiger charge is -2.10. The average molecular weight is 234 g/mol. The third-order valence-corrected chi connectivity index (χ3v) is 4.02. The van der Waals surface area contributed by atoms with Crippen LogP contribution in [-0.2, 0) is 24.2 Å². The lowest BCUT2D eigenvalue weighted by molar-refractivity contribution is -0.151. The molecule has 0 spiro atoms. The molecule has 0 aromatic heterocycles. The molecule has 0 aromatic rings. The summed E-state index contributed by atoms with van der Waals surface area (Å²) in [4.78, 5) is 22.8. The number of ketones is 1. The molecule has 6 heteroatoms. The van der Waals surface area contributed by atoms with Crippen LogP contribution < -0.4 is 0 Å². The van der Waals surface area contributed by atoms with Gasteiger partial charge >= 0.3 is 5.97 Å². The van der Waals surface area contributed by atoms with Gasteiger partial charge in [0.1, 0.15) is 11.7 Å². The Morgan fingerprint density at radius 1 is 1.47 bits per heavy atom. The van der Waals surface area contributed by atoms with Gasteiger partial charge in [-0.1, -0.05) is 0 Å². The molecule has 5 nitrogen and oxygen atoms in total. The standard InChI is InChI=1S/C9H14O5S/c1-2-14-9(11)7-3-5-15(12,13)6-4-8(7)10/h7H,2-6H2,1H3. The molecule has 86 valence electrons. The van der Waals surface area contributed by atoms with Gasteiger partial charge < -0.3 is 4.74 Å². The van der Waals surface area contributed by atoms with Gasteiger partial charge in [-0.2, -0.15) is 0 Å². The van der Waals surface area contributed by atoms with E-state index in [9.17, 15) is 18.0 Å². The van der Waals surface area contributed by atoms with Gasteiger partial charge in [0.15, 0.2) is 9.84 Å². The molecule has 1 heterocycles. The molecule has 1 aliphatic heterocycles. The first-order chi connectivity index (χ1) is 6.96. The fraction of sp³-hybridized carbons (Fsp3) is 0.778. The van der Waals surface area contributed by atoms with Crippen LogP contribution in [0, 0.1) is 5.92 Å². The van der Waals surface area contributed by atoms with Gasteiger partial charge in [-0.05, 0) is 13.3 Å². The van der Waals surface area contributed by atoms with Crippen LogP contribution >= 0.6 is 0 Å². The van der Waals surface area contributed by atoms with Crippen molar-refractivity contribution in [2.45, 2.75) is 19.8 Å². The third-order valence-electron chi connectivity index (χ3n) is 2.34. The zero-order valence-electron chi connectivity index (χ0n) is 8.56. The zero-order valence-corrected chi connectivity index (χ0v) is 9.38. The molecule has 1 saturated heterocycles. The number of Topliss-reactive ketones (excluding diaryl/α,β-unsaturated/α-hetero) is 1. The number of esters is 1. The number of carbonyl (C=O) groups is 2. The van der Waals surface area contributed by atoms with Crippen molar-refractivity contribution >= 4 is 21.6 Å². The average Bonchev–Trinajstić information content (AvgIpc) is 2.27. The van der Waals surface area contributed by atoms with Gasteiger partial charge in [-0.25, -0.2) is 8.42 Å². The maximum absolute atomic E-state index is 11.5. The molecule has 0 bridgehead atoms. The van der Waals surface area contributed by atoms with E-state index in [1.165, 1.54) is 0 Å². The number of carbonyl (C=O) groups excluding carboxylic acids is 2. The molecular weight excluding hydrogens is 220 g/mol. The van der Waals surface area contributed by atoms with Gasteiger partial charge in [0.05, 0.1) is 18.1 Å². The molecule has 0 aromatic carbocycles.